The van der Waals surface area contributed by atoms with Crippen LogP contribution >= 0.6 is 11.6 Å². The maximum absolute atomic E-state index is 13.3. The summed E-state index contributed by atoms with van der Waals surface area (Å²) >= 11 is 5.99. The molecule has 1 aliphatic carbocycles. The van der Waals surface area contributed by atoms with E-state index in [-0.39, 0.29) is 35.7 Å². The van der Waals surface area contributed by atoms with Crippen molar-refractivity contribution in [2.45, 2.75) is 126 Å². The topological polar surface area (TPSA) is 133 Å². The first-order valence-corrected chi connectivity index (χ1v) is 16.1. The van der Waals surface area contributed by atoms with Crippen molar-refractivity contribution in [2.24, 2.45) is 17.8 Å². The highest BCUT2D eigenvalue weighted by atomic mass is 35.5. The van der Waals surface area contributed by atoms with Gasteiger partial charge in [0.1, 0.15) is 23.9 Å². The predicted octanol–water partition coefficient (Wildman–Crippen LogP) is 3.40. The van der Waals surface area contributed by atoms with Crippen LogP contribution in [0.1, 0.15) is 60.3 Å². The Morgan fingerprint density at radius 1 is 1.13 bits per heavy atom. The summed E-state index contributed by atoms with van der Waals surface area (Å²) in [6, 6.07) is 0. The molecule has 4 aliphatic rings. The summed E-state index contributed by atoms with van der Waals surface area (Å²) in [5.41, 5.74) is -0.699. The van der Waals surface area contributed by atoms with Gasteiger partial charge < -0.3 is 43.7 Å². The minimum atomic E-state index is -1.92. The van der Waals surface area contributed by atoms with Gasteiger partial charge in [-0.15, -0.1) is 11.6 Å². The van der Waals surface area contributed by atoms with E-state index in [0.29, 0.717) is 6.42 Å². The molecule has 0 spiro atoms. The Bertz CT molecular complexity index is 1190. The highest BCUT2D eigenvalue weighted by Crippen LogP contribution is 2.42. The number of hydrogen-bond acceptors (Lipinski definition) is 10. The van der Waals surface area contributed by atoms with Crippen LogP contribution in [0.25, 0.3) is 0 Å². The van der Waals surface area contributed by atoms with Crippen LogP contribution < -0.4 is 0 Å². The number of hydrogen-bond donors (Lipinski definition) is 3. The molecule has 10 nitrogen and oxygen atoms in total. The lowest BCUT2D eigenvalue weighted by atomic mass is 9.79. The van der Waals surface area contributed by atoms with E-state index in [0.717, 1.165) is 12.0 Å². The zero-order chi connectivity index (χ0) is 33.1. The second-order valence-electron chi connectivity index (χ2n) is 13.2. The highest BCUT2D eigenvalue weighted by Gasteiger charge is 2.55. The smallest absolute Gasteiger partial charge is 0.311 e. The molecule has 2 bridgehead atoms. The third-order valence-corrected chi connectivity index (χ3v) is 9.82. The molecule has 2 saturated heterocycles. The number of halogens is 1. The van der Waals surface area contributed by atoms with Crippen molar-refractivity contribution in [1.82, 2.24) is 0 Å². The molecule has 0 unspecified atom stereocenters. The minimum Gasteiger partial charge on any atom is -0.458 e. The van der Waals surface area contributed by atoms with Gasteiger partial charge in [0.15, 0.2) is 12.1 Å². The summed E-state index contributed by atoms with van der Waals surface area (Å²) < 4.78 is 35.9. The lowest BCUT2D eigenvalue weighted by Gasteiger charge is -2.51. The van der Waals surface area contributed by atoms with Gasteiger partial charge in [0.2, 0.25) is 0 Å². The first-order valence-electron chi connectivity index (χ1n) is 15.7. The Kier molecular flexibility index (Phi) is 12.0. The molecule has 3 heterocycles. The number of fused-ring (bicyclic) bond motifs is 2. The van der Waals surface area contributed by atoms with Crippen molar-refractivity contribution >= 4 is 17.6 Å². The lowest BCUT2D eigenvalue weighted by Crippen LogP contribution is -2.66. The summed E-state index contributed by atoms with van der Waals surface area (Å²) in [5, 5.41) is 33.6. The highest BCUT2D eigenvalue weighted by molar-refractivity contribution is 6.22. The van der Waals surface area contributed by atoms with Crippen molar-refractivity contribution < 1.29 is 48.5 Å². The fourth-order valence-corrected chi connectivity index (χ4v) is 6.78. The van der Waals surface area contributed by atoms with Gasteiger partial charge >= 0.3 is 5.97 Å². The molecule has 3 fully saturated rings. The van der Waals surface area contributed by atoms with Crippen molar-refractivity contribution in [3.8, 4) is 11.8 Å². The molecule has 252 valence electrons. The molecule has 0 aromatic carbocycles. The van der Waals surface area contributed by atoms with E-state index < -0.39 is 66.7 Å². The molecular formula is C34H49ClO10. The second kappa shape index (κ2) is 15.0. The Morgan fingerprint density at radius 3 is 2.49 bits per heavy atom. The van der Waals surface area contributed by atoms with E-state index in [1.54, 1.807) is 38.3 Å². The number of methoxy groups -OCH3 is 2. The molecule has 0 aromatic rings. The second-order valence-corrected chi connectivity index (χ2v) is 13.7. The maximum atomic E-state index is 13.3. The molecule has 4 rings (SSSR count). The predicted molar refractivity (Wildman–Crippen MR) is 167 cm³/mol. The zero-order valence-corrected chi connectivity index (χ0v) is 28.0. The quantitative estimate of drug-likeness (QED) is 0.129. The van der Waals surface area contributed by atoms with E-state index in [1.165, 1.54) is 14.0 Å². The van der Waals surface area contributed by atoms with Crippen LogP contribution in [0.5, 0.6) is 0 Å². The first-order chi connectivity index (χ1) is 21.2. The summed E-state index contributed by atoms with van der Waals surface area (Å²) in [4.78, 5) is 13.3. The molecule has 45 heavy (non-hydrogen) atoms. The first kappa shape index (κ1) is 36.1. The number of aliphatic hydroxyl groups is 3. The van der Waals surface area contributed by atoms with E-state index in [9.17, 15) is 20.1 Å². The number of cyclic esters (lactones) is 1. The third kappa shape index (κ3) is 8.78. The number of carbonyl (C=O) groups is 1. The number of aliphatic hydroxyl groups excluding tert-OH is 1. The molecule has 3 N–H and O–H groups in total. The normalized spacial score (nSPS) is 47.2. The van der Waals surface area contributed by atoms with Gasteiger partial charge in [-0.3, -0.25) is 4.79 Å². The Morgan fingerprint density at radius 2 is 1.84 bits per heavy atom. The van der Waals surface area contributed by atoms with Crippen LogP contribution in [0.4, 0.5) is 0 Å². The average molecular weight is 653 g/mol. The van der Waals surface area contributed by atoms with Crippen LogP contribution in [0.2, 0.25) is 0 Å². The number of alkyl halides is 1. The van der Waals surface area contributed by atoms with Gasteiger partial charge in [-0.2, -0.15) is 0 Å². The van der Waals surface area contributed by atoms with Crippen molar-refractivity contribution in [3.05, 3.63) is 36.0 Å². The molecule has 3 aliphatic heterocycles. The number of rotatable bonds is 6. The van der Waals surface area contributed by atoms with Gasteiger partial charge in [0.05, 0.1) is 30.8 Å². The van der Waals surface area contributed by atoms with Gasteiger partial charge in [-0.25, -0.2) is 0 Å². The maximum Gasteiger partial charge on any atom is 0.311 e. The van der Waals surface area contributed by atoms with Gasteiger partial charge in [0, 0.05) is 50.2 Å². The molecule has 0 radical (unpaired) electrons. The largest absolute Gasteiger partial charge is 0.458 e. The standard InChI is InChI=1S/C34H49ClO10/c1-19-14-24(13-11-9-8-10-12-23-16-25(23)35)43-28(36)18-34(39)17-27(21(3)29(45-34)20(2)26(15-19)40-6)44-32-31(41-7)33(5,38)30(37)22(4)42-32/h8-9,11,13,15,20-27,29-32,37-39H,14,16-18H2,1-7H3/b9-8+,13-11+,19-15+/t20-,21-,22-,23+,24+,25+,26-,27-,29+,30-,31-,32+,33+,34+/m0/s1. The van der Waals surface area contributed by atoms with Crippen molar-refractivity contribution in [2.75, 3.05) is 14.2 Å². The SMILES string of the molecule is CO[C@H]1/C=C(\C)C[C@@H](/C=C/C=C/C#C[C@@H]2C[C@H]2Cl)OC(=O)C[C@@]2(O)C[C@H](O[C@H]3O[C@@H](C)[C@H](O)[C@@](C)(O)[C@H]3OC)[C@H](C)[C@H](O2)[C@H]1C. The summed E-state index contributed by atoms with van der Waals surface area (Å²) in [6.07, 6.45) is 3.64. The average Bonchev–Trinajstić information content (AvgIpc) is 3.67. The van der Waals surface area contributed by atoms with E-state index in [4.69, 9.17) is 40.0 Å². The molecule has 11 heteroatoms. The van der Waals surface area contributed by atoms with Gasteiger partial charge in [0.25, 0.3) is 0 Å². The van der Waals surface area contributed by atoms with E-state index in [1.807, 2.05) is 26.8 Å². The summed E-state index contributed by atoms with van der Waals surface area (Å²) in [5.74, 6) is 3.23. The van der Waals surface area contributed by atoms with E-state index in [2.05, 4.69) is 11.8 Å². The minimum absolute atomic E-state index is 0.0690. The summed E-state index contributed by atoms with van der Waals surface area (Å²) in [7, 11) is 3.02. The monoisotopic (exact) mass is 652 g/mol. The fraction of sp³-hybridized carbons (Fsp3) is 0.735. The Hall–Kier alpha value is -1.78. The van der Waals surface area contributed by atoms with Gasteiger partial charge in [-0.05, 0) is 39.3 Å². The number of ether oxygens (including phenoxy) is 6. The van der Waals surface area contributed by atoms with Crippen LogP contribution in [0.3, 0.4) is 0 Å². The molecule has 1 saturated carbocycles. The number of esters is 1. The molecule has 14 atom stereocenters. The molecule has 0 aromatic heterocycles. The lowest BCUT2D eigenvalue weighted by molar-refractivity contribution is -0.362. The Labute approximate surface area is 271 Å². The van der Waals surface area contributed by atoms with Crippen LogP contribution in [-0.4, -0.2) is 101 Å². The fourth-order valence-electron chi connectivity index (χ4n) is 6.53. The van der Waals surface area contributed by atoms with Crippen molar-refractivity contribution in [1.29, 1.82) is 0 Å². The number of allylic oxidation sites excluding steroid dienone is 3. The van der Waals surface area contributed by atoms with Crippen LogP contribution in [0.15, 0.2) is 36.0 Å². The van der Waals surface area contributed by atoms with Crippen molar-refractivity contribution in [3.63, 3.8) is 0 Å². The summed E-state index contributed by atoms with van der Waals surface area (Å²) in [6.45, 7) is 8.98. The zero-order valence-electron chi connectivity index (χ0n) is 27.2. The van der Waals surface area contributed by atoms with Gasteiger partial charge in [-0.1, -0.05) is 49.5 Å². The van der Waals surface area contributed by atoms with Crippen LogP contribution in [0, 0.1) is 29.6 Å². The molecule has 0 amide bonds. The Balaban J connectivity index is 1.58. The van der Waals surface area contributed by atoms with Crippen LogP contribution in [-0.2, 0) is 33.2 Å². The molecular weight excluding hydrogens is 604 g/mol. The third-order valence-electron chi connectivity index (χ3n) is 9.34. The van der Waals surface area contributed by atoms with E-state index >= 15 is 0 Å². The number of carbonyl (C=O) groups excluding carboxylic acids is 1.